The van der Waals surface area contributed by atoms with Gasteiger partial charge in [0.25, 0.3) is 5.82 Å². The van der Waals surface area contributed by atoms with Crippen LogP contribution in [0, 0.1) is 0 Å². The second-order valence-electron chi connectivity index (χ2n) is 5.56. The third-order valence-corrected chi connectivity index (χ3v) is 3.48. The molecule has 0 saturated carbocycles. The van der Waals surface area contributed by atoms with Gasteiger partial charge in [-0.15, -0.1) is 5.10 Å². The van der Waals surface area contributed by atoms with Gasteiger partial charge in [-0.2, -0.15) is 0 Å². The van der Waals surface area contributed by atoms with Crippen molar-refractivity contribution in [3.63, 3.8) is 0 Å². The number of ether oxygens (including phenoxy) is 5. The molecule has 0 aromatic carbocycles. The zero-order chi connectivity index (χ0) is 20.1. The largest absolute Gasteiger partial charge is 0.463 e. The minimum Gasteiger partial charge on any atom is -0.463 e. The van der Waals surface area contributed by atoms with Gasteiger partial charge in [0, 0.05) is 20.8 Å². The number of methoxy groups -OCH3 is 1. The van der Waals surface area contributed by atoms with Crippen molar-refractivity contribution in [3.8, 4) is 0 Å². The Hall–Kier alpha value is -3.02. The molecule has 0 radical (unpaired) electrons. The van der Waals surface area contributed by atoms with Crippen molar-refractivity contribution in [1.82, 2.24) is 14.8 Å². The molecule has 0 bridgehead atoms. The lowest BCUT2D eigenvalue weighted by atomic mass is 10.1. The highest BCUT2D eigenvalue weighted by molar-refractivity contribution is 5.84. The minimum atomic E-state index is -1.11. The lowest BCUT2D eigenvalue weighted by Gasteiger charge is -2.23. The molecular weight excluding hydrogens is 370 g/mol. The summed E-state index contributed by atoms with van der Waals surface area (Å²) < 4.78 is 26.8. The Balaban J connectivity index is 2.33. The highest BCUT2D eigenvalue weighted by atomic mass is 16.7. The Morgan fingerprint density at radius 2 is 1.70 bits per heavy atom. The van der Waals surface area contributed by atoms with Crippen LogP contribution in [0.15, 0.2) is 6.33 Å². The summed E-state index contributed by atoms with van der Waals surface area (Å²) in [7, 11) is 1.17. The standard InChI is InChI=1S/C15H19N3O9/c1-7(19)24-5-10-11(25-8(2)20)12(26-9(3)21)14(27-10)18-6-16-13(17-18)15(22)23-4/h6,10-12,14H,5H2,1-4H3/t10-,11-,12-,14-/m0/s1/i6+1,13+1,15+1,16+1. The van der Waals surface area contributed by atoms with Gasteiger partial charge in [-0.25, -0.2) is 14.5 Å². The van der Waals surface area contributed by atoms with E-state index in [1.165, 1.54) is 34.2 Å². The minimum absolute atomic E-state index is 0.241. The summed E-state index contributed by atoms with van der Waals surface area (Å²) in [5.41, 5.74) is 0. The molecule has 1 saturated heterocycles. The Bertz CT molecular complexity index is 732. The van der Waals surface area contributed by atoms with Crippen molar-refractivity contribution >= 4 is 23.9 Å². The number of carbonyl (C=O) groups is 4. The maximum absolute atomic E-state index is 11.5. The molecule has 1 fully saturated rings. The predicted molar refractivity (Wildman–Crippen MR) is 83.0 cm³/mol. The van der Waals surface area contributed by atoms with E-state index in [1.807, 2.05) is 0 Å². The molecule has 12 nitrogen and oxygen atoms in total. The number of nitrogens with zero attached hydrogens (tertiary/aromatic N) is 3. The molecule has 0 spiro atoms. The SMILES string of the molecule is CO[13C](=O)[13c]1nn([C@H]2O[C@@H](COC(C)=O)[C@H](OC(C)=O)[C@@H]2OC(C)=O)[13cH][15n]1. The number of aromatic nitrogens is 3. The van der Waals surface area contributed by atoms with E-state index in [2.05, 4.69) is 14.8 Å². The number of hydrogen-bond acceptors (Lipinski definition) is 11. The summed E-state index contributed by atoms with van der Waals surface area (Å²) in [5.74, 6) is -2.89. The van der Waals surface area contributed by atoms with Crippen molar-refractivity contribution in [2.75, 3.05) is 13.7 Å². The molecule has 1 aromatic heterocycles. The Morgan fingerprint density at radius 3 is 2.26 bits per heavy atom. The second kappa shape index (κ2) is 8.58. The van der Waals surface area contributed by atoms with Crippen LogP contribution >= 0.6 is 0 Å². The van der Waals surface area contributed by atoms with Crippen LogP contribution in [0.2, 0.25) is 0 Å². The Labute approximate surface area is 153 Å². The topological polar surface area (TPSA) is 145 Å². The van der Waals surface area contributed by atoms with E-state index in [1.54, 1.807) is 0 Å². The zero-order valence-electron chi connectivity index (χ0n) is 15.1. The number of carbonyl (C=O) groups excluding carboxylic acids is 4. The number of esters is 4. The summed E-state index contributed by atoms with van der Waals surface area (Å²) in [6.45, 7) is 3.30. The molecule has 0 aliphatic carbocycles. The Morgan fingerprint density at radius 1 is 1.07 bits per heavy atom. The third-order valence-electron chi connectivity index (χ3n) is 3.48. The lowest BCUT2D eigenvalue weighted by Crippen LogP contribution is -2.40. The highest BCUT2D eigenvalue weighted by Crippen LogP contribution is 2.34. The maximum Gasteiger partial charge on any atom is 0.377 e. The van der Waals surface area contributed by atoms with Crippen molar-refractivity contribution in [2.45, 2.75) is 45.3 Å². The van der Waals surface area contributed by atoms with Crippen molar-refractivity contribution < 1.29 is 42.9 Å². The molecule has 12 heteroatoms. The fourth-order valence-corrected chi connectivity index (χ4v) is 2.49. The fraction of sp³-hybridized carbons (Fsp3) is 0.600. The molecule has 0 unspecified atom stereocenters. The van der Waals surface area contributed by atoms with Gasteiger partial charge in [-0.3, -0.25) is 14.4 Å². The van der Waals surface area contributed by atoms with Gasteiger partial charge in [0.1, 0.15) is 19.0 Å². The van der Waals surface area contributed by atoms with Gasteiger partial charge in [0.15, 0.2) is 18.4 Å². The molecule has 0 N–H and O–H groups in total. The van der Waals surface area contributed by atoms with Gasteiger partial charge < -0.3 is 23.7 Å². The lowest BCUT2D eigenvalue weighted by molar-refractivity contribution is -0.166. The first-order valence-electron chi connectivity index (χ1n) is 7.85. The van der Waals surface area contributed by atoms with Crippen LogP contribution in [0.4, 0.5) is 0 Å². The zero-order valence-corrected chi connectivity index (χ0v) is 15.1. The van der Waals surface area contributed by atoms with Gasteiger partial charge in [-0.1, -0.05) is 0 Å². The number of rotatable bonds is 6. The van der Waals surface area contributed by atoms with E-state index in [0.717, 1.165) is 4.68 Å². The molecule has 1 aliphatic rings. The second-order valence-corrected chi connectivity index (χ2v) is 5.56. The van der Waals surface area contributed by atoms with Gasteiger partial charge in [0.2, 0.25) is 0 Å². The first-order valence-corrected chi connectivity index (χ1v) is 7.85. The molecule has 1 aromatic rings. The van der Waals surface area contributed by atoms with Crippen LogP contribution in [0.25, 0.3) is 0 Å². The van der Waals surface area contributed by atoms with Gasteiger partial charge in [-0.05, 0) is 0 Å². The fourth-order valence-electron chi connectivity index (χ4n) is 2.49. The molecular formula is C15H19N3O9. The van der Waals surface area contributed by atoms with Crippen LogP contribution < -0.4 is 0 Å². The summed E-state index contributed by atoms with van der Waals surface area (Å²) >= 11 is 0. The molecule has 1 aliphatic heterocycles. The van der Waals surface area contributed by atoms with Crippen LogP contribution in [0.1, 0.15) is 37.6 Å². The van der Waals surface area contributed by atoms with E-state index in [0.29, 0.717) is 0 Å². The average molecular weight is 389 g/mol. The molecule has 4 atom stereocenters. The monoisotopic (exact) mass is 389 g/mol. The number of hydrogen-bond donors (Lipinski definition) is 0. The first kappa shape index (κ1) is 20.3. The normalized spacial score (nSPS) is 24.1. The molecule has 148 valence electrons. The van der Waals surface area contributed by atoms with Crippen molar-refractivity contribution in [2.24, 2.45) is 0 Å². The molecule has 0 amide bonds. The summed E-state index contributed by atoms with van der Waals surface area (Å²) in [4.78, 5) is 49.4. The molecule has 2 heterocycles. The summed E-state index contributed by atoms with van der Waals surface area (Å²) in [6, 6.07) is 0. The van der Waals surface area contributed by atoms with Crippen molar-refractivity contribution in [1.29, 1.82) is 0 Å². The van der Waals surface area contributed by atoms with E-state index in [4.69, 9.17) is 18.9 Å². The predicted octanol–water partition coefficient (Wildman–Crippen LogP) is -0.611. The highest BCUT2D eigenvalue weighted by Gasteiger charge is 2.51. The van der Waals surface area contributed by atoms with Gasteiger partial charge in [0.05, 0.1) is 7.11 Å². The van der Waals surface area contributed by atoms with Crippen LogP contribution in [0.5, 0.6) is 0 Å². The quantitative estimate of drug-likeness (QED) is 0.349. The first-order chi connectivity index (χ1) is 12.7. The van der Waals surface area contributed by atoms with Crippen molar-refractivity contribution in [3.05, 3.63) is 12.2 Å². The summed E-state index contributed by atoms with van der Waals surface area (Å²) in [5, 5.41) is 3.93. The van der Waals surface area contributed by atoms with Crippen LogP contribution in [-0.2, 0) is 38.1 Å². The molecule has 2 rings (SSSR count). The Kier molecular flexibility index (Phi) is 6.45. The van der Waals surface area contributed by atoms with E-state index in [9.17, 15) is 19.2 Å². The van der Waals surface area contributed by atoms with E-state index in [-0.39, 0.29) is 12.4 Å². The smallest absolute Gasteiger partial charge is 0.377 e. The maximum atomic E-state index is 11.5. The van der Waals surface area contributed by atoms with Gasteiger partial charge >= 0.3 is 23.9 Å². The van der Waals surface area contributed by atoms with Crippen LogP contribution in [0.3, 0.4) is 0 Å². The summed E-state index contributed by atoms with van der Waals surface area (Å²) in [6.07, 6.45) is -3.02. The third kappa shape index (κ3) is 5.00. The molecule has 27 heavy (non-hydrogen) atoms. The average Bonchev–Trinajstić information content (AvgIpc) is 3.18. The van der Waals surface area contributed by atoms with Crippen LogP contribution in [-0.4, -0.2) is 70.7 Å². The van der Waals surface area contributed by atoms with E-state index >= 15 is 0 Å². The van der Waals surface area contributed by atoms with E-state index < -0.39 is 48.4 Å².